The summed E-state index contributed by atoms with van der Waals surface area (Å²) in [6.07, 6.45) is 7.44. The molecule has 106 valence electrons. The molecule has 20 heavy (non-hydrogen) atoms. The molecule has 0 fully saturated rings. The first-order valence-electron chi connectivity index (χ1n) is 7.43. The molecule has 0 unspecified atom stereocenters. The Morgan fingerprint density at radius 1 is 0.850 bits per heavy atom. The van der Waals surface area contributed by atoms with Crippen molar-refractivity contribution in [1.29, 1.82) is 0 Å². The molecule has 2 nitrogen and oxygen atoms in total. The van der Waals surface area contributed by atoms with Crippen molar-refractivity contribution in [2.24, 2.45) is 0 Å². The summed E-state index contributed by atoms with van der Waals surface area (Å²) in [6, 6.07) is 13.2. The third kappa shape index (κ3) is 4.78. The molecule has 1 heterocycles. The second-order valence-electron chi connectivity index (χ2n) is 5.45. The van der Waals surface area contributed by atoms with Crippen molar-refractivity contribution in [3.63, 3.8) is 0 Å². The lowest BCUT2D eigenvalue weighted by Crippen LogP contribution is -2.17. The Morgan fingerprint density at radius 2 is 1.40 bits per heavy atom. The largest absolute Gasteiger partial charge is 0.298 e. The van der Waals surface area contributed by atoms with Crippen molar-refractivity contribution >= 4 is 0 Å². The van der Waals surface area contributed by atoms with Gasteiger partial charge in [0, 0.05) is 25.5 Å². The summed E-state index contributed by atoms with van der Waals surface area (Å²) in [5.41, 5.74) is 4.14. The molecular weight excluding hydrogens is 244 g/mol. The first kappa shape index (κ1) is 14.7. The van der Waals surface area contributed by atoms with Gasteiger partial charge in [0.05, 0.1) is 0 Å². The normalized spacial score (nSPS) is 10.9. The van der Waals surface area contributed by atoms with Crippen LogP contribution in [0.15, 0.2) is 48.8 Å². The maximum atomic E-state index is 4.05. The summed E-state index contributed by atoms with van der Waals surface area (Å²) in [4.78, 5) is 6.38. The zero-order chi connectivity index (χ0) is 14.2. The average Bonchev–Trinajstić information content (AvgIpc) is 2.47. The SMILES string of the molecule is CCCCc1ccc(CN(C)Cc2ccncc2)cc1. The minimum atomic E-state index is 0.958. The van der Waals surface area contributed by atoms with Crippen molar-refractivity contribution < 1.29 is 0 Å². The third-order valence-electron chi connectivity index (χ3n) is 3.50. The van der Waals surface area contributed by atoms with Crippen LogP contribution in [0, 0.1) is 0 Å². The van der Waals surface area contributed by atoms with Crippen LogP contribution in [0.2, 0.25) is 0 Å². The molecule has 0 atom stereocenters. The van der Waals surface area contributed by atoms with Gasteiger partial charge in [-0.25, -0.2) is 0 Å². The van der Waals surface area contributed by atoms with E-state index in [0.717, 1.165) is 13.1 Å². The Bertz CT molecular complexity index is 491. The number of unbranched alkanes of at least 4 members (excludes halogenated alkanes) is 1. The van der Waals surface area contributed by atoms with Crippen LogP contribution in [0.4, 0.5) is 0 Å². The van der Waals surface area contributed by atoms with E-state index in [1.807, 2.05) is 12.4 Å². The highest BCUT2D eigenvalue weighted by Crippen LogP contribution is 2.11. The van der Waals surface area contributed by atoms with Crippen LogP contribution in [0.3, 0.4) is 0 Å². The second kappa shape index (κ2) is 7.81. The van der Waals surface area contributed by atoms with Gasteiger partial charge in [0.1, 0.15) is 0 Å². The smallest absolute Gasteiger partial charge is 0.0271 e. The third-order valence-corrected chi connectivity index (χ3v) is 3.50. The van der Waals surface area contributed by atoms with Crippen molar-refractivity contribution in [1.82, 2.24) is 9.88 Å². The molecule has 0 spiro atoms. The molecule has 0 aliphatic heterocycles. The Morgan fingerprint density at radius 3 is 2.00 bits per heavy atom. The number of hydrogen-bond acceptors (Lipinski definition) is 2. The molecule has 0 aliphatic rings. The molecule has 1 aromatic carbocycles. The van der Waals surface area contributed by atoms with Crippen LogP contribution in [0.1, 0.15) is 36.5 Å². The Labute approximate surface area is 122 Å². The predicted octanol–water partition coefficient (Wildman–Crippen LogP) is 4.06. The van der Waals surface area contributed by atoms with Crippen molar-refractivity contribution in [3.8, 4) is 0 Å². The molecule has 0 radical (unpaired) electrons. The maximum absolute atomic E-state index is 4.05. The fraction of sp³-hybridized carbons (Fsp3) is 0.389. The topological polar surface area (TPSA) is 16.1 Å². The van der Waals surface area contributed by atoms with E-state index in [4.69, 9.17) is 0 Å². The summed E-state index contributed by atoms with van der Waals surface area (Å²) in [7, 11) is 2.16. The van der Waals surface area contributed by atoms with E-state index >= 15 is 0 Å². The number of benzene rings is 1. The van der Waals surface area contributed by atoms with Gasteiger partial charge in [0.2, 0.25) is 0 Å². The number of aryl methyl sites for hydroxylation is 1. The lowest BCUT2D eigenvalue weighted by atomic mass is 10.1. The molecule has 2 aromatic rings. The molecular formula is C18H24N2. The average molecular weight is 268 g/mol. The fourth-order valence-corrected chi connectivity index (χ4v) is 2.36. The van der Waals surface area contributed by atoms with Crippen LogP contribution >= 0.6 is 0 Å². The zero-order valence-corrected chi connectivity index (χ0v) is 12.5. The van der Waals surface area contributed by atoms with E-state index in [0.29, 0.717) is 0 Å². The van der Waals surface area contributed by atoms with Gasteiger partial charge in [0.15, 0.2) is 0 Å². The molecule has 0 aliphatic carbocycles. The summed E-state index contributed by atoms with van der Waals surface area (Å²) >= 11 is 0. The molecule has 0 amide bonds. The van der Waals surface area contributed by atoms with E-state index in [9.17, 15) is 0 Å². The van der Waals surface area contributed by atoms with Crippen LogP contribution in [0.5, 0.6) is 0 Å². The fourth-order valence-electron chi connectivity index (χ4n) is 2.36. The summed E-state index contributed by atoms with van der Waals surface area (Å²) in [6.45, 7) is 4.18. The molecule has 2 rings (SSSR count). The monoisotopic (exact) mass is 268 g/mol. The van der Waals surface area contributed by atoms with Crippen molar-refractivity contribution in [2.75, 3.05) is 7.05 Å². The quantitative estimate of drug-likeness (QED) is 0.753. The van der Waals surface area contributed by atoms with E-state index in [1.165, 1.54) is 36.0 Å². The van der Waals surface area contributed by atoms with Crippen LogP contribution in [-0.4, -0.2) is 16.9 Å². The molecule has 2 heteroatoms. The number of rotatable bonds is 7. The number of aromatic nitrogens is 1. The first-order valence-corrected chi connectivity index (χ1v) is 7.43. The highest BCUT2D eigenvalue weighted by atomic mass is 15.1. The lowest BCUT2D eigenvalue weighted by molar-refractivity contribution is 0.319. The van der Waals surface area contributed by atoms with Crippen molar-refractivity contribution in [2.45, 2.75) is 39.3 Å². The standard InChI is InChI=1S/C18H24N2/c1-3-4-5-16-6-8-17(9-7-16)14-20(2)15-18-10-12-19-13-11-18/h6-13H,3-5,14-15H2,1-2H3. The van der Waals surface area contributed by atoms with E-state index in [1.54, 1.807) is 0 Å². The van der Waals surface area contributed by atoms with Gasteiger partial charge in [-0.3, -0.25) is 9.88 Å². The van der Waals surface area contributed by atoms with Crippen LogP contribution in [-0.2, 0) is 19.5 Å². The van der Waals surface area contributed by atoms with Gasteiger partial charge < -0.3 is 0 Å². The lowest BCUT2D eigenvalue weighted by Gasteiger charge is -2.17. The molecule has 1 aromatic heterocycles. The second-order valence-corrected chi connectivity index (χ2v) is 5.45. The zero-order valence-electron chi connectivity index (χ0n) is 12.5. The minimum absolute atomic E-state index is 0.958. The number of nitrogens with zero attached hydrogens (tertiary/aromatic N) is 2. The van der Waals surface area contributed by atoms with E-state index in [2.05, 4.69) is 60.3 Å². The van der Waals surface area contributed by atoms with Gasteiger partial charge in [-0.1, -0.05) is 37.6 Å². The predicted molar refractivity (Wildman–Crippen MR) is 84.5 cm³/mol. The van der Waals surface area contributed by atoms with E-state index in [-0.39, 0.29) is 0 Å². The number of hydrogen-bond donors (Lipinski definition) is 0. The van der Waals surface area contributed by atoms with Crippen LogP contribution in [0.25, 0.3) is 0 Å². The van der Waals surface area contributed by atoms with Gasteiger partial charge in [-0.05, 0) is 48.7 Å². The Hall–Kier alpha value is -1.67. The molecule has 0 saturated carbocycles. The molecule has 0 bridgehead atoms. The van der Waals surface area contributed by atoms with Gasteiger partial charge in [-0.2, -0.15) is 0 Å². The minimum Gasteiger partial charge on any atom is -0.298 e. The number of pyridine rings is 1. The maximum Gasteiger partial charge on any atom is 0.0271 e. The highest BCUT2D eigenvalue weighted by Gasteiger charge is 2.02. The van der Waals surface area contributed by atoms with Crippen molar-refractivity contribution in [3.05, 3.63) is 65.5 Å². The van der Waals surface area contributed by atoms with Gasteiger partial charge >= 0.3 is 0 Å². The van der Waals surface area contributed by atoms with Gasteiger partial charge in [-0.15, -0.1) is 0 Å². The molecule has 0 N–H and O–H groups in total. The first-order chi connectivity index (χ1) is 9.78. The summed E-state index contributed by atoms with van der Waals surface area (Å²) < 4.78 is 0. The Kier molecular flexibility index (Phi) is 5.75. The van der Waals surface area contributed by atoms with Gasteiger partial charge in [0.25, 0.3) is 0 Å². The Balaban J connectivity index is 1.86. The summed E-state index contributed by atoms with van der Waals surface area (Å²) in [5, 5.41) is 0. The summed E-state index contributed by atoms with van der Waals surface area (Å²) in [5.74, 6) is 0. The van der Waals surface area contributed by atoms with Crippen LogP contribution < -0.4 is 0 Å². The van der Waals surface area contributed by atoms with E-state index < -0.39 is 0 Å². The molecule has 0 saturated heterocycles. The highest BCUT2D eigenvalue weighted by molar-refractivity contribution is 5.22.